The summed E-state index contributed by atoms with van der Waals surface area (Å²) >= 11 is 1.97. The highest BCUT2D eigenvalue weighted by molar-refractivity contribution is 7.98. The number of thiazole rings is 1. The maximum atomic E-state index is 12.5. The van der Waals surface area contributed by atoms with E-state index in [1.54, 1.807) is 20.1 Å². The van der Waals surface area contributed by atoms with Gasteiger partial charge in [0, 0.05) is 5.38 Å². The van der Waals surface area contributed by atoms with Crippen molar-refractivity contribution in [3.63, 3.8) is 0 Å². The number of anilines is 1. The van der Waals surface area contributed by atoms with Crippen LogP contribution in [0.4, 0.5) is 18.3 Å². The minimum absolute atomic E-state index is 0.121. The van der Waals surface area contributed by atoms with Crippen molar-refractivity contribution < 1.29 is 18.0 Å². The molecule has 0 spiro atoms. The summed E-state index contributed by atoms with van der Waals surface area (Å²) in [5.41, 5.74) is -0.335. The van der Waals surface area contributed by atoms with Crippen LogP contribution in [0.3, 0.4) is 0 Å². The van der Waals surface area contributed by atoms with Gasteiger partial charge in [-0.2, -0.15) is 13.2 Å². The fraction of sp³-hybridized carbons (Fsp3) is 0.333. The Morgan fingerprint density at radius 3 is 2.50 bits per heavy atom. The van der Waals surface area contributed by atoms with Crippen LogP contribution in [-0.4, -0.2) is 27.1 Å². The topological polar surface area (TPSA) is 67.8 Å². The van der Waals surface area contributed by atoms with E-state index in [-0.39, 0.29) is 10.7 Å². The lowest BCUT2D eigenvalue weighted by atomic mass is 10.2. The first-order valence-electron chi connectivity index (χ1n) is 5.95. The van der Waals surface area contributed by atoms with Crippen molar-refractivity contribution in [2.75, 3.05) is 11.6 Å². The molecule has 1 amide bonds. The zero-order valence-electron chi connectivity index (χ0n) is 11.8. The zero-order valence-corrected chi connectivity index (χ0v) is 13.4. The minimum atomic E-state index is -4.53. The minimum Gasteiger partial charge on any atom is -0.298 e. The van der Waals surface area contributed by atoms with Gasteiger partial charge < -0.3 is 0 Å². The van der Waals surface area contributed by atoms with E-state index in [9.17, 15) is 18.0 Å². The van der Waals surface area contributed by atoms with E-state index in [4.69, 9.17) is 0 Å². The van der Waals surface area contributed by atoms with Crippen LogP contribution in [0.2, 0.25) is 0 Å². The molecule has 0 aromatic carbocycles. The molecule has 0 radical (unpaired) electrons. The first-order valence-corrected chi connectivity index (χ1v) is 8.06. The van der Waals surface area contributed by atoms with Gasteiger partial charge in [-0.15, -0.1) is 23.1 Å². The van der Waals surface area contributed by atoms with E-state index in [0.717, 1.165) is 5.38 Å². The number of halogens is 3. The summed E-state index contributed by atoms with van der Waals surface area (Å²) in [5, 5.41) is 3.56. The molecular weight excluding hydrogens is 337 g/mol. The number of thioether (sulfide) groups is 1. The monoisotopic (exact) mass is 348 g/mol. The standard InChI is InChI=1S/C12H11F3N4OS2/c1-5-8(10(21-3)17-6(2)16-5)9(20)19-11-18-7(4-22-11)12(13,14)15/h4H,1-3H3,(H,18,19,20). The van der Waals surface area contributed by atoms with Gasteiger partial charge in [0.15, 0.2) is 10.8 Å². The zero-order chi connectivity index (χ0) is 16.5. The van der Waals surface area contributed by atoms with Crippen molar-refractivity contribution >= 4 is 34.1 Å². The molecule has 0 saturated carbocycles. The van der Waals surface area contributed by atoms with Crippen molar-refractivity contribution in [2.24, 2.45) is 0 Å². The number of aryl methyl sites for hydroxylation is 2. The average molecular weight is 348 g/mol. The van der Waals surface area contributed by atoms with Crippen LogP contribution in [-0.2, 0) is 6.18 Å². The number of alkyl halides is 3. The smallest absolute Gasteiger partial charge is 0.298 e. The predicted molar refractivity (Wildman–Crippen MR) is 78.4 cm³/mol. The van der Waals surface area contributed by atoms with E-state index in [1.807, 2.05) is 0 Å². The van der Waals surface area contributed by atoms with E-state index in [1.165, 1.54) is 11.8 Å². The Labute approximate surface area is 132 Å². The Kier molecular flexibility index (Phi) is 4.71. The second kappa shape index (κ2) is 6.21. The SMILES string of the molecule is CSc1nc(C)nc(C)c1C(=O)Nc1nc(C(F)(F)F)cs1. The maximum Gasteiger partial charge on any atom is 0.434 e. The van der Waals surface area contributed by atoms with Crippen LogP contribution >= 0.6 is 23.1 Å². The molecule has 22 heavy (non-hydrogen) atoms. The second-order valence-electron chi connectivity index (χ2n) is 4.23. The summed E-state index contributed by atoms with van der Waals surface area (Å²) in [6, 6.07) is 0. The Morgan fingerprint density at radius 1 is 1.27 bits per heavy atom. The molecular formula is C12H11F3N4OS2. The van der Waals surface area contributed by atoms with Gasteiger partial charge in [0.2, 0.25) is 0 Å². The van der Waals surface area contributed by atoms with E-state index in [0.29, 0.717) is 27.9 Å². The number of hydrogen-bond acceptors (Lipinski definition) is 6. The molecule has 0 saturated heterocycles. The normalized spacial score (nSPS) is 11.5. The van der Waals surface area contributed by atoms with Gasteiger partial charge in [0.25, 0.3) is 5.91 Å². The van der Waals surface area contributed by atoms with Gasteiger partial charge in [-0.1, -0.05) is 0 Å². The largest absolute Gasteiger partial charge is 0.434 e. The summed E-state index contributed by atoms with van der Waals surface area (Å²) in [6.07, 6.45) is -2.78. The summed E-state index contributed by atoms with van der Waals surface area (Å²) in [7, 11) is 0. The molecule has 0 aliphatic heterocycles. The third kappa shape index (κ3) is 3.55. The van der Waals surface area contributed by atoms with E-state index in [2.05, 4.69) is 20.3 Å². The number of hydrogen-bond donors (Lipinski definition) is 1. The highest BCUT2D eigenvalue weighted by atomic mass is 32.2. The van der Waals surface area contributed by atoms with Gasteiger partial charge in [-0.25, -0.2) is 15.0 Å². The summed E-state index contributed by atoms with van der Waals surface area (Å²) in [5.74, 6) is -0.0584. The summed E-state index contributed by atoms with van der Waals surface area (Å²) in [6.45, 7) is 3.34. The fourth-order valence-corrected chi connectivity index (χ4v) is 3.09. The van der Waals surface area contributed by atoms with Gasteiger partial charge in [0.1, 0.15) is 10.9 Å². The molecule has 118 valence electrons. The first kappa shape index (κ1) is 16.7. The molecule has 2 aromatic rings. The van der Waals surface area contributed by atoms with Gasteiger partial charge in [0.05, 0.1) is 11.3 Å². The van der Waals surface area contributed by atoms with Crippen molar-refractivity contribution in [2.45, 2.75) is 25.0 Å². The molecule has 1 N–H and O–H groups in total. The molecule has 0 aliphatic rings. The number of carbonyl (C=O) groups excluding carboxylic acids is 1. The molecule has 2 aromatic heterocycles. The highest BCUT2D eigenvalue weighted by Gasteiger charge is 2.34. The fourth-order valence-electron chi connectivity index (χ4n) is 1.71. The maximum absolute atomic E-state index is 12.5. The Bertz CT molecular complexity index is 715. The van der Waals surface area contributed by atoms with Crippen LogP contribution in [0.25, 0.3) is 0 Å². The van der Waals surface area contributed by atoms with E-state index >= 15 is 0 Å². The molecule has 2 heterocycles. The van der Waals surface area contributed by atoms with Gasteiger partial charge >= 0.3 is 6.18 Å². The van der Waals surface area contributed by atoms with Gasteiger partial charge in [-0.05, 0) is 20.1 Å². The van der Waals surface area contributed by atoms with Crippen molar-refractivity contribution in [1.29, 1.82) is 0 Å². The summed E-state index contributed by atoms with van der Waals surface area (Å²) < 4.78 is 37.5. The lowest BCUT2D eigenvalue weighted by Crippen LogP contribution is -2.17. The Hall–Kier alpha value is -1.68. The van der Waals surface area contributed by atoms with Crippen LogP contribution in [0.5, 0.6) is 0 Å². The molecule has 0 atom stereocenters. The number of nitrogens with one attached hydrogen (secondary N) is 1. The Morgan fingerprint density at radius 2 is 1.95 bits per heavy atom. The third-order valence-electron chi connectivity index (χ3n) is 2.60. The molecule has 0 bridgehead atoms. The second-order valence-corrected chi connectivity index (χ2v) is 5.88. The first-order chi connectivity index (χ1) is 10.2. The Balaban J connectivity index is 2.28. The number of nitrogens with zero attached hydrogens (tertiary/aromatic N) is 3. The lowest BCUT2D eigenvalue weighted by Gasteiger charge is -2.09. The third-order valence-corrected chi connectivity index (χ3v) is 4.04. The van der Waals surface area contributed by atoms with Crippen molar-refractivity contribution in [3.8, 4) is 0 Å². The number of amides is 1. The average Bonchev–Trinajstić information content (AvgIpc) is 2.85. The molecule has 0 unspecified atom stereocenters. The van der Waals surface area contributed by atoms with Crippen molar-refractivity contribution in [3.05, 3.63) is 28.2 Å². The highest BCUT2D eigenvalue weighted by Crippen LogP contribution is 2.32. The molecule has 0 aliphatic carbocycles. The summed E-state index contributed by atoms with van der Waals surface area (Å²) in [4.78, 5) is 23.9. The number of aromatic nitrogens is 3. The molecule has 5 nitrogen and oxygen atoms in total. The van der Waals surface area contributed by atoms with Crippen LogP contribution in [0.1, 0.15) is 27.6 Å². The molecule has 0 fully saturated rings. The quantitative estimate of drug-likeness (QED) is 0.679. The van der Waals surface area contributed by atoms with Crippen LogP contribution in [0, 0.1) is 13.8 Å². The van der Waals surface area contributed by atoms with Gasteiger partial charge in [-0.3, -0.25) is 10.1 Å². The number of rotatable bonds is 3. The lowest BCUT2D eigenvalue weighted by molar-refractivity contribution is -0.140. The molecule has 10 heteroatoms. The van der Waals surface area contributed by atoms with Crippen LogP contribution < -0.4 is 5.32 Å². The molecule has 2 rings (SSSR count). The van der Waals surface area contributed by atoms with Crippen LogP contribution in [0.15, 0.2) is 10.4 Å². The van der Waals surface area contributed by atoms with E-state index < -0.39 is 17.8 Å². The predicted octanol–water partition coefficient (Wildman–Crippen LogP) is 3.54. The number of carbonyl (C=O) groups is 1. The van der Waals surface area contributed by atoms with Crippen molar-refractivity contribution in [1.82, 2.24) is 15.0 Å².